The van der Waals surface area contributed by atoms with Gasteiger partial charge in [-0.25, -0.2) is 4.98 Å². The first-order valence-corrected chi connectivity index (χ1v) is 8.35. The number of pyridine rings is 1. The van der Waals surface area contributed by atoms with Crippen molar-refractivity contribution in [1.29, 1.82) is 0 Å². The van der Waals surface area contributed by atoms with Crippen molar-refractivity contribution in [1.82, 2.24) is 10.3 Å². The van der Waals surface area contributed by atoms with E-state index >= 15 is 0 Å². The van der Waals surface area contributed by atoms with Gasteiger partial charge >= 0.3 is 5.97 Å². The van der Waals surface area contributed by atoms with E-state index in [0.29, 0.717) is 12.4 Å². The standard InChI is InChI=1S/C14H21BrN2O2S/c1-5-19-13(18)14(4,17-10(2)3)9-20-12-11(15)7-6-8-16-12/h6-8,10,17H,5,9H2,1-4H3. The fraction of sp³-hybridized carbons (Fsp3) is 0.571. The third kappa shape index (κ3) is 5.07. The molecule has 1 atom stereocenters. The summed E-state index contributed by atoms with van der Waals surface area (Å²) in [5.41, 5.74) is -0.730. The Morgan fingerprint density at radius 2 is 2.30 bits per heavy atom. The van der Waals surface area contributed by atoms with Crippen LogP contribution < -0.4 is 5.32 Å². The molecule has 0 aliphatic heterocycles. The molecule has 0 fully saturated rings. The predicted octanol–water partition coefficient (Wildman–Crippen LogP) is 3.26. The molecule has 4 nitrogen and oxygen atoms in total. The third-order valence-corrected chi connectivity index (χ3v) is 4.78. The zero-order valence-electron chi connectivity index (χ0n) is 12.3. The maximum absolute atomic E-state index is 12.2. The fourth-order valence-corrected chi connectivity index (χ4v) is 3.34. The van der Waals surface area contributed by atoms with Gasteiger partial charge in [0.2, 0.25) is 0 Å². The van der Waals surface area contributed by atoms with Gasteiger partial charge < -0.3 is 4.74 Å². The van der Waals surface area contributed by atoms with Crippen LogP contribution in [0.15, 0.2) is 27.8 Å². The molecule has 1 unspecified atom stereocenters. The molecule has 1 N–H and O–H groups in total. The van der Waals surface area contributed by atoms with Crippen LogP contribution in [0, 0.1) is 0 Å². The minimum atomic E-state index is -0.730. The number of nitrogens with one attached hydrogen (secondary N) is 1. The average molecular weight is 361 g/mol. The van der Waals surface area contributed by atoms with Crippen molar-refractivity contribution in [3.8, 4) is 0 Å². The number of carbonyl (C=O) groups is 1. The molecule has 0 saturated carbocycles. The molecule has 6 heteroatoms. The first kappa shape index (κ1) is 17.5. The molecule has 1 rings (SSSR count). The van der Waals surface area contributed by atoms with Crippen LogP contribution in [0.2, 0.25) is 0 Å². The Balaban J connectivity index is 2.80. The van der Waals surface area contributed by atoms with E-state index in [4.69, 9.17) is 4.74 Å². The maximum Gasteiger partial charge on any atom is 0.326 e. The highest BCUT2D eigenvalue weighted by Crippen LogP contribution is 2.28. The summed E-state index contributed by atoms with van der Waals surface area (Å²) < 4.78 is 6.11. The van der Waals surface area contributed by atoms with Crippen molar-refractivity contribution < 1.29 is 9.53 Å². The molecule has 112 valence electrons. The Morgan fingerprint density at radius 3 is 2.85 bits per heavy atom. The van der Waals surface area contributed by atoms with Gasteiger partial charge in [0, 0.05) is 22.5 Å². The van der Waals surface area contributed by atoms with Crippen LogP contribution in [0.4, 0.5) is 0 Å². The monoisotopic (exact) mass is 360 g/mol. The molecule has 0 aromatic carbocycles. The van der Waals surface area contributed by atoms with Gasteiger partial charge in [-0.15, -0.1) is 11.8 Å². The normalized spacial score (nSPS) is 14.1. The number of thioether (sulfide) groups is 1. The van der Waals surface area contributed by atoms with Gasteiger partial charge in [0.15, 0.2) is 0 Å². The second-order valence-electron chi connectivity index (χ2n) is 4.93. The number of carbonyl (C=O) groups excluding carboxylic acids is 1. The van der Waals surface area contributed by atoms with Crippen LogP contribution in [-0.2, 0) is 9.53 Å². The van der Waals surface area contributed by atoms with Crippen molar-refractivity contribution in [3.63, 3.8) is 0 Å². The number of ether oxygens (including phenoxy) is 1. The van der Waals surface area contributed by atoms with Crippen LogP contribution >= 0.6 is 27.7 Å². The van der Waals surface area contributed by atoms with E-state index in [1.54, 1.807) is 6.20 Å². The minimum absolute atomic E-state index is 0.192. The molecule has 0 saturated heterocycles. The van der Waals surface area contributed by atoms with E-state index < -0.39 is 5.54 Å². The summed E-state index contributed by atoms with van der Waals surface area (Å²) in [6.07, 6.45) is 1.74. The van der Waals surface area contributed by atoms with E-state index in [1.165, 1.54) is 11.8 Å². The summed E-state index contributed by atoms with van der Waals surface area (Å²) in [7, 11) is 0. The van der Waals surface area contributed by atoms with E-state index in [0.717, 1.165) is 9.50 Å². The number of hydrogen-bond acceptors (Lipinski definition) is 5. The molecule has 1 aromatic rings. The molecule has 0 aliphatic carbocycles. The lowest BCUT2D eigenvalue weighted by Crippen LogP contribution is -2.55. The summed E-state index contributed by atoms with van der Waals surface area (Å²) in [4.78, 5) is 16.5. The van der Waals surface area contributed by atoms with Crippen molar-refractivity contribution >= 4 is 33.7 Å². The number of esters is 1. The lowest BCUT2D eigenvalue weighted by Gasteiger charge is -2.30. The van der Waals surface area contributed by atoms with Gasteiger partial charge in [0.1, 0.15) is 10.6 Å². The lowest BCUT2D eigenvalue weighted by atomic mass is 10.0. The minimum Gasteiger partial charge on any atom is -0.465 e. The van der Waals surface area contributed by atoms with Crippen LogP contribution in [0.1, 0.15) is 27.7 Å². The van der Waals surface area contributed by atoms with Gasteiger partial charge in [-0.05, 0) is 55.8 Å². The molecule has 1 heterocycles. The number of aromatic nitrogens is 1. The number of hydrogen-bond donors (Lipinski definition) is 1. The van der Waals surface area contributed by atoms with Gasteiger partial charge in [0.25, 0.3) is 0 Å². The molecule has 20 heavy (non-hydrogen) atoms. The maximum atomic E-state index is 12.2. The van der Waals surface area contributed by atoms with E-state index in [-0.39, 0.29) is 12.0 Å². The Labute approximate surface area is 133 Å². The molecular formula is C14H21BrN2O2S. The van der Waals surface area contributed by atoms with E-state index in [1.807, 2.05) is 39.8 Å². The summed E-state index contributed by atoms with van der Waals surface area (Å²) in [6, 6.07) is 4.00. The molecule has 0 spiro atoms. The zero-order valence-corrected chi connectivity index (χ0v) is 14.7. The van der Waals surface area contributed by atoms with Crippen molar-refractivity contribution in [2.45, 2.75) is 44.3 Å². The van der Waals surface area contributed by atoms with Crippen LogP contribution in [-0.4, -0.2) is 34.9 Å². The summed E-state index contributed by atoms with van der Waals surface area (Å²) in [5.74, 6) is 0.327. The van der Waals surface area contributed by atoms with Crippen molar-refractivity contribution in [2.75, 3.05) is 12.4 Å². The highest BCUT2D eigenvalue weighted by atomic mass is 79.9. The van der Waals surface area contributed by atoms with Crippen molar-refractivity contribution in [2.24, 2.45) is 0 Å². The number of halogens is 1. The Morgan fingerprint density at radius 1 is 1.60 bits per heavy atom. The highest BCUT2D eigenvalue weighted by Gasteiger charge is 2.35. The lowest BCUT2D eigenvalue weighted by molar-refractivity contribution is -0.149. The number of nitrogens with zero attached hydrogens (tertiary/aromatic N) is 1. The molecule has 0 amide bonds. The smallest absolute Gasteiger partial charge is 0.326 e. The molecule has 1 aromatic heterocycles. The van der Waals surface area contributed by atoms with Crippen LogP contribution in [0.5, 0.6) is 0 Å². The molecular weight excluding hydrogens is 340 g/mol. The Hall–Kier alpha value is -0.590. The highest BCUT2D eigenvalue weighted by molar-refractivity contribution is 9.10. The summed E-state index contributed by atoms with van der Waals surface area (Å²) in [5, 5.41) is 4.16. The summed E-state index contributed by atoms with van der Waals surface area (Å²) in [6.45, 7) is 8.09. The topological polar surface area (TPSA) is 51.2 Å². The molecule has 0 radical (unpaired) electrons. The average Bonchev–Trinajstić information content (AvgIpc) is 2.37. The van der Waals surface area contributed by atoms with Crippen LogP contribution in [0.3, 0.4) is 0 Å². The predicted molar refractivity (Wildman–Crippen MR) is 86.0 cm³/mol. The van der Waals surface area contributed by atoms with E-state index in [2.05, 4.69) is 26.2 Å². The largest absolute Gasteiger partial charge is 0.465 e. The zero-order chi connectivity index (χ0) is 15.2. The quantitative estimate of drug-likeness (QED) is 0.597. The van der Waals surface area contributed by atoms with Gasteiger partial charge in [-0.3, -0.25) is 10.1 Å². The first-order chi connectivity index (χ1) is 9.39. The first-order valence-electron chi connectivity index (χ1n) is 6.57. The Kier molecular flexibility index (Phi) is 6.99. The second kappa shape index (κ2) is 8.00. The molecule has 0 aliphatic rings. The van der Waals surface area contributed by atoms with Crippen molar-refractivity contribution in [3.05, 3.63) is 22.8 Å². The Bertz CT molecular complexity index is 457. The molecule has 0 bridgehead atoms. The van der Waals surface area contributed by atoms with E-state index in [9.17, 15) is 4.79 Å². The SMILES string of the molecule is CCOC(=O)C(C)(CSc1ncccc1Br)NC(C)C. The van der Waals surface area contributed by atoms with Gasteiger partial charge in [-0.2, -0.15) is 0 Å². The number of rotatable bonds is 7. The summed E-state index contributed by atoms with van der Waals surface area (Å²) >= 11 is 4.99. The second-order valence-corrected chi connectivity index (χ2v) is 6.75. The van der Waals surface area contributed by atoms with Gasteiger partial charge in [0.05, 0.1) is 6.61 Å². The third-order valence-electron chi connectivity index (χ3n) is 2.56. The van der Waals surface area contributed by atoms with Crippen LogP contribution in [0.25, 0.3) is 0 Å². The fourth-order valence-electron chi connectivity index (χ4n) is 1.78. The van der Waals surface area contributed by atoms with Gasteiger partial charge in [-0.1, -0.05) is 0 Å².